The van der Waals surface area contributed by atoms with Crippen LogP contribution in [0.3, 0.4) is 0 Å². The van der Waals surface area contributed by atoms with Crippen molar-refractivity contribution in [1.82, 2.24) is 0 Å². The SMILES string of the molecule is COC(=O)C1=C(C(=O)OC)N(c2cccc(C(=O)O)c2Nc2ccccc2Cl)C=CC=C1. The molecule has 0 radical (unpaired) electrons. The molecule has 1 aliphatic rings. The van der Waals surface area contributed by atoms with Crippen LogP contribution in [0.15, 0.2) is 78.2 Å². The fourth-order valence-corrected chi connectivity index (χ4v) is 3.28. The smallest absolute Gasteiger partial charge is 0.355 e. The highest BCUT2D eigenvalue weighted by Crippen LogP contribution is 2.38. The predicted molar refractivity (Wildman–Crippen MR) is 120 cm³/mol. The number of carbonyl (C=O) groups excluding carboxylic acids is 2. The highest BCUT2D eigenvalue weighted by Gasteiger charge is 2.30. The van der Waals surface area contributed by atoms with E-state index >= 15 is 0 Å². The molecule has 0 fully saturated rings. The largest absolute Gasteiger partial charge is 0.478 e. The van der Waals surface area contributed by atoms with Gasteiger partial charge in [0, 0.05) is 6.20 Å². The minimum atomic E-state index is -1.20. The Bertz CT molecular complexity index is 1170. The average molecular weight is 455 g/mol. The van der Waals surface area contributed by atoms with Crippen LogP contribution in [0.1, 0.15) is 10.4 Å². The summed E-state index contributed by atoms with van der Waals surface area (Å²) in [6.07, 6.45) is 6.07. The number of nitrogens with one attached hydrogen (secondary N) is 1. The predicted octanol–water partition coefficient (Wildman–Crippen LogP) is 4.27. The third-order valence-corrected chi connectivity index (χ3v) is 4.88. The molecule has 32 heavy (non-hydrogen) atoms. The Morgan fingerprint density at radius 2 is 1.69 bits per heavy atom. The molecular formula is C23H19ClN2O6. The summed E-state index contributed by atoms with van der Waals surface area (Å²) in [7, 11) is 2.37. The number of aromatic carboxylic acids is 1. The van der Waals surface area contributed by atoms with Crippen LogP contribution in [0, 0.1) is 0 Å². The Kier molecular flexibility index (Phi) is 6.97. The van der Waals surface area contributed by atoms with Crippen molar-refractivity contribution in [2.45, 2.75) is 0 Å². The number of anilines is 3. The van der Waals surface area contributed by atoms with Gasteiger partial charge in [0.15, 0.2) is 0 Å². The second-order valence-corrected chi connectivity index (χ2v) is 6.83. The van der Waals surface area contributed by atoms with Gasteiger partial charge in [-0.3, -0.25) is 0 Å². The summed E-state index contributed by atoms with van der Waals surface area (Å²) in [5.41, 5.74) is 0.606. The third-order valence-electron chi connectivity index (χ3n) is 4.56. The van der Waals surface area contributed by atoms with Crippen LogP contribution in [0.4, 0.5) is 17.1 Å². The molecule has 0 saturated heterocycles. The Hall–Kier alpha value is -4.04. The number of carboxylic acid groups (broad SMARTS) is 1. The number of para-hydroxylation sites is 2. The van der Waals surface area contributed by atoms with Gasteiger partial charge in [0.1, 0.15) is 5.70 Å². The fourth-order valence-electron chi connectivity index (χ4n) is 3.10. The number of hydrogen-bond donors (Lipinski definition) is 2. The number of methoxy groups -OCH3 is 2. The zero-order valence-corrected chi connectivity index (χ0v) is 17.9. The van der Waals surface area contributed by atoms with Crippen molar-refractivity contribution in [3.63, 3.8) is 0 Å². The zero-order chi connectivity index (χ0) is 23.3. The van der Waals surface area contributed by atoms with Crippen LogP contribution in [0.5, 0.6) is 0 Å². The lowest BCUT2D eigenvalue weighted by Gasteiger charge is -2.26. The van der Waals surface area contributed by atoms with E-state index in [0.29, 0.717) is 10.7 Å². The summed E-state index contributed by atoms with van der Waals surface area (Å²) < 4.78 is 9.73. The molecule has 8 nitrogen and oxygen atoms in total. The lowest BCUT2D eigenvalue weighted by Crippen LogP contribution is -2.27. The summed E-state index contributed by atoms with van der Waals surface area (Å²) in [6.45, 7) is 0. The molecule has 0 amide bonds. The van der Waals surface area contributed by atoms with Crippen LogP contribution in [0.25, 0.3) is 0 Å². The molecule has 3 rings (SSSR count). The molecular weight excluding hydrogens is 436 g/mol. The molecule has 1 heterocycles. The number of hydrogen-bond acceptors (Lipinski definition) is 7. The molecule has 0 aliphatic carbocycles. The van der Waals surface area contributed by atoms with E-state index in [0.717, 1.165) is 0 Å². The number of benzene rings is 2. The Balaban J connectivity index is 2.28. The van der Waals surface area contributed by atoms with Gasteiger partial charge in [0.2, 0.25) is 0 Å². The van der Waals surface area contributed by atoms with Crippen molar-refractivity contribution in [2.24, 2.45) is 0 Å². The van der Waals surface area contributed by atoms with Crippen LogP contribution in [-0.2, 0) is 19.1 Å². The summed E-state index contributed by atoms with van der Waals surface area (Å²) in [5, 5.41) is 13.2. The molecule has 164 valence electrons. The molecule has 9 heteroatoms. The highest BCUT2D eigenvalue weighted by atomic mass is 35.5. The molecule has 0 saturated carbocycles. The van der Waals surface area contributed by atoms with Gasteiger partial charge in [-0.25, -0.2) is 14.4 Å². The van der Waals surface area contributed by atoms with E-state index in [1.54, 1.807) is 42.5 Å². The molecule has 0 bridgehead atoms. The number of nitrogens with zero attached hydrogens (tertiary/aromatic N) is 1. The maximum absolute atomic E-state index is 12.7. The monoisotopic (exact) mass is 454 g/mol. The molecule has 2 aromatic carbocycles. The number of allylic oxidation sites excluding steroid dienone is 2. The van der Waals surface area contributed by atoms with E-state index in [9.17, 15) is 19.5 Å². The Morgan fingerprint density at radius 1 is 0.969 bits per heavy atom. The van der Waals surface area contributed by atoms with Crippen molar-refractivity contribution >= 4 is 46.6 Å². The van der Waals surface area contributed by atoms with Gasteiger partial charge >= 0.3 is 17.9 Å². The summed E-state index contributed by atoms with van der Waals surface area (Å²) in [6, 6.07) is 11.3. The van der Waals surface area contributed by atoms with Gasteiger partial charge < -0.3 is 24.8 Å². The highest BCUT2D eigenvalue weighted by molar-refractivity contribution is 6.33. The van der Waals surface area contributed by atoms with E-state index < -0.39 is 17.9 Å². The first kappa shape index (κ1) is 22.6. The van der Waals surface area contributed by atoms with Crippen molar-refractivity contribution in [2.75, 3.05) is 24.4 Å². The van der Waals surface area contributed by atoms with Crippen LogP contribution in [0.2, 0.25) is 5.02 Å². The molecule has 2 aromatic rings. The lowest BCUT2D eigenvalue weighted by atomic mass is 10.1. The molecule has 0 aromatic heterocycles. The number of carbonyl (C=O) groups is 3. The van der Waals surface area contributed by atoms with Crippen molar-refractivity contribution in [3.05, 3.63) is 88.7 Å². The van der Waals surface area contributed by atoms with Gasteiger partial charge in [0.05, 0.1) is 47.4 Å². The molecule has 0 unspecified atom stereocenters. The number of ether oxygens (including phenoxy) is 2. The van der Waals surface area contributed by atoms with Crippen molar-refractivity contribution in [1.29, 1.82) is 0 Å². The lowest BCUT2D eigenvalue weighted by molar-refractivity contribution is -0.139. The van der Waals surface area contributed by atoms with E-state index in [1.807, 2.05) is 0 Å². The van der Waals surface area contributed by atoms with E-state index in [1.165, 1.54) is 43.5 Å². The van der Waals surface area contributed by atoms with Gasteiger partial charge in [-0.15, -0.1) is 0 Å². The van der Waals surface area contributed by atoms with Gasteiger partial charge in [-0.05, 0) is 36.4 Å². The maximum Gasteiger partial charge on any atom is 0.355 e. The minimum Gasteiger partial charge on any atom is -0.478 e. The van der Waals surface area contributed by atoms with Gasteiger partial charge in [-0.1, -0.05) is 35.9 Å². The topological polar surface area (TPSA) is 105 Å². The summed E-state index contributed by atoms with van der Waals surface area (Å²) in [5.74, 6) is -2.77. The molecule has 0 spiro atoms. The van der Waals surface area contributed by atoms with Gasteiger partial charge in [0.25, 0.3) is 0 Å². The average Bonchev–Trinajstić information content (AvgIpc) is 3.02. The van der Waals surface area contributed by atoms with Gasteiger partial charge in [-0.2, -0.15) is 0 Å². The quantitative estimate of drug-likeness (QED) is 0.623. The number of esters is 2. The van der Waals surface area contributed by atoms with Crippen LogP contribution >= 0.6 is 11.6 Å². The Labute approximate surface area is 189 Å². The third kappa shape index (κ3) is 4.50. The van der Waals surface area contributed by atoms with Crippen molar-refractivity contribution in [3.8, 4) is 0 Å². The normalized spacial score (nSPS) is 12.9. The standard InChI is InChI=1S/C23H19ClN2O6/c1-31-22(29)15-8-5-6-13-26(20(15)23(30)32-2)18-12-7-9-14(21(27)28)19(18)25-17-11-4-3-10-16(17)24/h3-13,25H,1-2H3,(H,27,28). The molecule has 1 aliphatic heterocycles. The Morgan fingerprint density at radius 3 is 2.34 bits per heavy atom. The fraction of sp³-hybridized carbons (Fsp3) is 0.0870. The van der Waals surface area contributed by atoms with E-state index in [2.05, 4.69) is 5.32 Å². The second-order valence-electron chi connectivity index (χ2n) is 6.43. The van der Waals surface area contributed by atoms with Crippen LogP contribution < -0.4 is 10.2 Å². The number of rotatable bonds is 6. The van der Waals surface area contributed by atoms with Crippen molar-refractivity contribution < 1.29 is 29.0 Å². The van der Waals surface area contributed by atoms with Crippen LogP contribution in [-0.4, -0.2) is 37.2 Å². The minimum absolute atomic E-state index is 0.0613. The molecule has 0 atom stereocenters. The number of halogens is 1. The van der Waals surface area contributed by atoms with E-state index in [-0.39, 0.29) is 28.2 Å². The summed E-state index contributed by atoms with van der Waals surface area (Å²) in [4.78, 5) is 38.5. The first-order valence-corrected chi connectivity index (χ1v) is 9.69. The number of carboxylic acids is 1. The zero-order valence-electron chi connectivity index (χ0n) is 17.2. The molecule has 2 N–H and O–H groups in total. The summed E-state index contributed by atoms with van der Waals surface area (Å²) >= 11 is 6.26. The maximum atomic E-state index is 12.7. The second kappa shape index (κ2) is 9.84. The first-order valence-electron chi connectivity index (χ1n) is 9.32. The van der Waals surface area contributed by atoms with E-state index in [4.69, 9.17) is 21.1 Å². The first-order chi connectivity index (χ1) is 15.4.